The second-order valence-corrected chi connectivity index (χ2v) is 7.03. The second-order valence-electron chi connectivity index (χ2n) is 7.03. The third kappa shape index (κ3) is 3.10. The van der Waals surface area contributed by atoms with Crippen LogP contribution in [0.5, 0.6) is 0 Å². The van der Waals surface area contributed by atoms with Crippen LogP contribution in [-0.4, -0.2) is 21.6 Å². The van der Waals surface area contributed by atoms with Crippen LogP contribution in [0.25, 0.3) is 10.9 Å². The summed E-state index contributed by atoms with van der Waals surface area (Å²) in [5.74, 6) is -1.49. The lowest BCUT2D eigenvalue weighted by molar-refractivity contribution is -0.138. The van der Waals surface area contributed by atoms with Gasteiger partial charge < -0.3 is 15.0 Å². The molecule has 2 aromatic carbocycles. The number of amides is 1. The van der Waals surface area contributed by atoms with Crippen molar-refractivity contribution in [3.8, 4) is 0 Å². The number of nitrogens with zero attached hydrogens (tertiary/aromatic N) is 1. The minimum absolute atomic E-state index is 0.143. The maximum atomic E-state index is 12.9. The molecule has 0 spiro atoms. The summed E-state index contributed by atoms with van der Waals surface area (Å²) in [5.41, 5.74) is 4.54. The van der Waals surface area contributed by atoms with Crippen molar-refractivity contribution >= 4 is 28.5 Å². The number of nitrogens with one attached hydrogen (secondary N) is 1. The van der Waals surface area contributed by atoms with E-state index in [9.17, 15) is 14.7 Å². The topological polar surface area (TPSA) is 71.3 Å². The van der Waals surface area contributed by atoms with E-state index in [4.69, 9.17) is 0 Å². The van der Waals surface area contributed by atoms with E-state index in [1.54, 1.807) is 24.3 Å². The highest BCUT2D eigenvalue weighted by atomic mass is 16.4. The lowest BCUT2D eigenvalue weighted by Gasteiger charge is -2.14. The summed E-state index contributed by atoms with van der Waals surface area (Å²) in [6, 6.07) is 13.2. The van der Waals surface area contributed by atoms with Gasteiger partial charge in [-0.25, -0.2) is 0 Å². The Kier molecular flexibility index (Phi) is 4.44. The average molecular weight is 362 g/mol. The second kappa shape index (κ2) is 6.91. The highest BCUT2D eigenvalue weighted by molar-refractivity contribution is 6.13. The number of carboxylic acid groups (broad SMARTS) is 1. The zero-order valence-corrected chi connectivity index (χ0v) is 15.2. The van der Waals surface area contributed by atoms with Crippen molar-refractivity contribution in [3.63, 3.8) is 0 Å². The van der Waals surface area contributed by atoms with Crippen LogP contribution in [-0.2, 0) is 17.8 Å². The molecule has 2 N–H and O–H groups in total. The first-order valence-electron chi connectivity index (χ1n) is 9.33. The maximum absolute atomic E-state index is 12.9. The quantitative estimate of drug-likeness (QED) is 0.706. The van der Waals surface area contributed by atoms with Gasteiger partial charge in [0.1, 0.15) is 0 Å². The number of anilines is 1. The first-order chi connectivity index (χ1) is 13.1. The van der Waals surface area contributed by atoms with E-state index in [0.29, 0.717) is 17.7 Å². The molecule has 27 heavy (non-hydrogen) atoms. The number of carbonyl (C=O) groups excluding carboxylic acids is 1. The monoisotopic (exact) mass is 362 g/mol. The van der Waals surface area contributed by atoms with E-state index in [1.165, 1.54) is 5.56 Å². The van der Waals surface area contributed by atoms with Crippen molar-refractivity contribution in [2.75, 3.05) is 5.32 Å². The number of aryl methyl sites for hydroxylation is 2. The Morgan fingerprint density at radius 3 is 2.67 bits per heavy atom. The maximum Gasteiger partial charge on any atom is 0.310 e. The fraction of sp³-hybridized carbons (Fsp3) is 0.273. The van der Waals surface area contributed by atoms with Crippen molar-refractivity contribution in [1.82, 2.24) is 4.57 Å². The van der Waals surface area contributed by atoms with Gasteiger partial charge in [-0.05, 0) is 42.5 Å². The number of carbonyl (C=O) groups is 2. The van der Waals surface area contributed by atoms with Crippen LogP contribution < -0.4 is 5.32 Å². The van der Waals surface area contributed by atoms with Gasteiger partial charge in [-0.15, -0.1) is 0 Å². The number of rotatable bonds is 5. The Hall–Kier alpha value is -3.08. The van der Waals surface area contributed by atoms with E-state index in [1.807, 2.05) is 25.3 Å². The Morgan fingerprint density at radius 1 is 1.19 bits per heavy atom. The van der Waals surface area contributed by atoms with Gasteiger partial charge in [0.2, 0.25) is 0 Å². The molecule has 3 aromatic rings. The molecule has 0 fully saturated rings. The molecule has 0 radical (unpaired) electrons. The fourth-order valence-electron chi connectivity index (χ4n) is 3.99. The number of hydrogen-bond acceptors (Lipinski definition) is 2. The van der Waals surface area contributed by atoms with Crippen molar-refractivity contribution in [1.29, 1.82) is 0 Å². The molecule has 1 amide bonds. The summed E-state index contributed by atoms with van der Waals surface area (Å²) in [6.45, 7) is 2.79. The van der Waals surface area contributed by atoms with E-state index in [-0.39, 0.29) is 5.91 Å². The summed E-state index contributed by atoms with van der Waals surface area (Å²) in [7, 11) is 0. The number of benzene rings is 2. The molecule has 0 saturated carbocycles. The summed E-state index contributed by atoms with van der Waals surface area (Å²) in [4.78, 5) is 24.1. The Balaban J connectivity index is 1.59. The molecule has 0 saturated heterocycles. The van der Waals surface area contributed by atoms with Gasteiger partial charge >= 0.3 is 5.97 Å². The van der Waals surface area contributed by atoms with Crippen LogP contribution >= 0.6 is 0 Å². The summed E-state index contributed by atoms with van der Waals surface area (Å²) >= 11 is 0. The number of hydrogen-bond donors (Lipinski definition) is 2. The summed E-state index contributed by atoms with van der Waals surface area (Å²) < 4.78 is 2.17. The average Bonchev–Trinajstić information content (AvgIpc) is 3.05. The van der Waals surface area contributed by atoms with Crippen molar-refractivity contribution in [2.24, 2.45) is 0 Å². The number of para-hydroxylation sites is 1. The van der Waals surface area contributed by atoms with Crippen molar-refractivity contribution in [2.45, 2.75) is 38.6 Å². The first kappa shape index (κ1) is 17.3. The van der Waals surface area contributed by atoms with Gasteiger partial charge in [0.15, 0.2) is 0 Å². The van der Waals surface area contributed by atoms with Gasteiger partial charge in [0.05, 0.1) is 17.0 Å². The van der Waals surface area contributed by atoms with Crippen molar-refractivity contribution < 1.29 is 14.7 Å². The Bertz CT molecular complexity index is 1020. The molecule has 1 aliphatic heterocycles. The third-order valence-corrected chi connectivity index (χ3v) is 5.35. The van der Waals surface area contributed by atoms with Crippen LogP contribution in [0.4, 0.5) is 5.69 Å². The standard InChI is InChI=1S/C22H22N2O3/c1-2-17(22(26)27)14-8-10-16(11-9-14)23-21(25)19-13-24-12-4-6-15-5-3-7-18(19)20(15)24/h3,5,7-11,13,17H,2,4,6,12H2,1H3,(H,23,25)(H,26,27). The molecule has 1 aromatic heterocycles. The predicted octanol–water partition coefficient (Wildman–Crippen LogP) is 4.42. The first-order valence-corrected chi connectivity index (χ1v) is 9.33. The van der Waals surface area contributed by atoms with Gasteiger partial charge in [-0.2, -0.15) is 0 Å². The fourth-order valence-corrected chi connectivity index (χ4v) is 3.99. The largest absolute Gasteiger partial charge is 0.481 e. The van der Waals surface area contributed by atoms with E-state index in [2.05, 4.69) is 16.0 Å². The zero-order valence-electron chi connectivity index (χ0n) is 15.2. The molecule has 1 aliphatic rings. The van der Waals surface area contributed by atoms with E-state index < -0.39 is 11.9 Å². The Morgan fingerprint density at radius 2 is 1.96 bits per heavy atom. The molecule has 1 atom stereocenters. The highest BCUT2D eigenvalue weighted by Gasteiger charge is 2.20. The molecule has 4 rings (SSSR count). The van der Waals surface area contributed by atoms with E-state index >= 15 is 0 Å². The zero-order chi connectivity index (χ0) is 19.0. The van der Waals surface area contributed by atoms with Crippen molar-refractivity contribution in [3.05, 3.63) is 65.4 Å². The van der Waals surface area contributed by atoms with Gasteiger partial charge in [0.25, 0.3) is 5.91 Å². The summed E-state index contributed by atoms with van der Waals surface area (Å²) in [6.07, 6.45) is 4.61. The third-order valence-electron chi connectivity index (χ3n) is 5.35. The molecular formula is C22H22N2O3. The molecule has 0 bridgehead atoms. The van der Waals surface area contributed by atoms with Gasteiger partial charge in [-0.3, -0.25) is 9.59 Å². The van der Waals surface area contributed by atoms with Crippen LogP contribution in [0.3, 0.4) is 0 Å². The molecular weight excluding hydrogens is 340 g/mol. The molecule has 1 unspecified atom stereocenters. The SMILES string of the molecule is CCC(C(=O)O)c1ccc(NC(=O)c2cn3c4c(cccc24)CCC3)cc1. The number of aromatic nitrogens is 1. The van der Waals surface area contributed by atoms with Gasteiger partial charge in [-0.1, -0.05) is 37.3 Å². The van der Waals surface area contributed by atoms with Crippen LogP contribution in [0.1, 0.15) is 47.2 Å². The molecule has 2 heterocycles. The molecule has 5 nitrogen and oxygen atoms in total. The lowest BCUT2D eigenvalue weighted by atomic mass is 9.96. The minimum atomic E-state index is -0.830. The smallest absolute Gasteiger partial charge is 0.310 e. The molecule has 0 aliphatic carbocycles. The minimum Gasteiger partial charge on any atom is -0.481 e. The van der Waals surface area contributed by atoms with E-state index in [0.717, 1.165) is 35.9 Å². The molecule has 5 heteroatoms. The van der Waals surface area contributed by atoms with Crippen LogP contribution in [0, 0.1) is 0 Å². The molecule has 138 valence electrons. The normalized spacial score (nSPS) is 14.1. The van der Waals surface area contributed by atoms with Gasteiger partial charge in [0, 0.05) is 23.8 Å². The summed E-state index contributed by atoms with van der Waals surface area (Å²) in [5, 5.41) is 13.2. The number of aliphatic carboxylic acids is 1. The van der Waals surface area contributed by atoms with Crippen LogP contribution in [0.2, 0.25) is 0 Å². The Labute approximate surface area is 157 Å². The lowest BCUT2D eigenvalue weighted by Crippen LogP contribution is -2.13. The van der Waals surface area contributed by atoms with Crippen LogP contribution in [0.15, 0.2) is 48.7 Å². The number of carboxylic acids is 1. The predicted molar refractivity (Wildman–Crippen MR) is 105 cm³/mol. The highest BCUT2D eigenvalue weighted by Crippen LogP contribution is 2.30.